The third kappa shape index (κ3) is 6.55. The Labute approximate surface area is 222 Å². The third-order valence-electron chi connectivity index (χ3n) is 6.57. The molecule has 1 fully saturated rings. The van der Waals surface area contributed by atoms with E-state index in [-0.39, 0.29) is 12.6 Å². The summed E-state index contributed by atoms with van der Waals surface area (Å²) < 4.78 is 11.1. The zero-order valence-electron chi connectivity index (χ0n) is 20.5. The molecule has 0 radical (unpaired) electrons. The smallest absolute Gasteiger partial charge is 0.408 e. The van der Waals surface area contributed by atoms with Crippen molar-refractivity contribution in [2.75, 3.05) is 62.9 Å². The third-order valence-corrected chi connectivity index (χ3v) is 7.38. The van der Waals surface area contributed by atoms with Crippen LogP contribution in [0.4, 0.5) is 16.2 Å². The number of aryl methyl sites for hydroxylation is 1. The molecule has 2 aromatic rings. The Kier molecular flexibility index (Phi) is 9.18. The van der Waals surface area contributed by atoms with E-state index in [1.807, 2.05) is 36.4 Å². The number of unbranched alkanes of at least 4 members (excludes halogenated alkanes) is 1. The summed E-state index contributed by atoms with van der Waals surface area (Å²) in [5.74, 6) is 0.640. The number of carbonyl (C=O) groups is 2. The Hall–Kier alpha value is -2.68. The van der Waals surface area contributed by atoms with Crippen LogP contribution in [0.5, 0.6) is 5.75 Å². The summed E-state index contributed by atoms with van der Waals surface area (Å²) in [6.45, 7) is 5.30. The van der Waals surface area contributed by atoms with Gasteiger partial charge in [0, 0.05) is 45.7 Å². The number of fused-ring (bicyclic) bond motifs is 1. The van der Waals surface area contributed by atoms with Gasteiger partial charge in [0.1, 0.15) is 5.75 Å². The van der Waals surface area contributed by atoms with E-state index in [9.17, 15) is 9.59 Å². The van der Waals surface area contributed by atoms with Crippen LogP contribution in [0.2, 0.25) is 10.0 Å². The Morgan fingerprint density at radius 3 is 2.61 bits per heavy atom. The summed E-state index contributed by atoms with van der Waals surface area (Å²) >= 11 is 12.5. The van der Waals surface area contributed by atoms with Crippen LogP contribution in [0.15, 0.2) is 36.4 Å². The van der Waals surface area contributed by atoms with Crippen molar-refractivity contribution in [1.82, 2.24) is 10.2 Å². The summed E-state index contributed by atoms with van der Waals surface area (Å²) in [4.78, 5) is 30.1. The molecule has 0 bridgehead atoms. The lowest BCUT2D eigenvalue weighted by Gasteiger charge is -2.36. The fourth-order valence-corrected chi connectivity index (χ4v) is 4.94. The van der Waals surface area contributed by atoms with Crippen LogP contribution in [0.3, 0.4) is 0 Å². The number of carbonyl (C=O) groups excluding carboxylic acids is 2. The van der Waals surface area contributed by atoms with Crippen LogP contribution in [-0.4, -0.2) is 70.0 Å². The first-order chi connectivity index (χ1) is 17.5. The van der Waals surface area contributed by atoms with Crippen LogP contribution in [0, 0.1) is 0 Å². The lowest BCUT2D eigenvalue weighted by molar-refractivity contribution is -0.119. The first-order valence-corrected chi connectivity index (χ1v) is 13.0. The number of nitrogens with one attached hydrogen (secondary N) is 1. The molecule has 194 valence electrons. The predicted octanol–water partition coefficient (Wildman–Crippen LogP) is 4.57. The van der Waals surface area contributed by atoms with Crippen LogP contribution < -0.4 is 19.9 Å². The SMILES string of the molecule is CNC(=O)OCN1C(=O)CCc2ccc(OCCCCN3CCN(c4cccc(Cl)c4Cl)CC3)cc21. The first kappa shape index (κ1) is 26.4. The zero-order valence-corrected chi connectivity index (χ0v) is 22.0. The van der Waals surface area contributed by atoms with E-state index in [1.54, 1.807) is 0 Å². The minimum atomic E-state index is -0.572. The second kappa shape index (κ2) is 12.5. The molecule has 0 aromatic heterocycles. The Bertz CT molecular complexity index is 1080. The quantitative estimate of drug-likeness (QED) is 0.475. The molecule has 10 heteroatoms. The monoisotopic (exact) mass is 534 g/mol. The van der Waals surface area contributed by atoms with Gasteiger partial charge in [0.25, 0.3) is 0 Å². The molecule has 8 nitrogen and oxygen atoms in total. The van der Waals surface area contributed by atoms with E-state index in [4.69, 9.17) is 32.7 Å². The van der Waals surface area contributed by atoms with Gasteiger partial charge in [-0.2, -0.15) is 0 Å². The van der Waals surface area contributed by atoms with E-state index in [0.29, 0.717) is 35.2 Å². The van der Waals surface area contributed by atoms with Gasteiger partial charge in [0.15, 0.2) is 6.73 Å². The molecular formula is C26H32Cl2N4O4. The summed E-state index contributed by atoms with van der Waals surface area (Å²) in [5, 5.41) is 3.61. The highest BCUT2D eigenvalue weighted by atomic mass is 35.5. The highest BCUT2D eigenvalue weighted by Gasteiger charge is 2.26. The Balaban J connectivity index is 1.20. The van der Waals surface area contributed by atoms with Gasteiger partial charge in [-0.25, -0.2) is 4.79 Å². The summed E-state index contributed by atoms with van der Waals surface area (Å²) in [6, 6.07) is 11.5. The maximum Gasteiger partial charge on any atom is 0.408 e. The average Bonchev–Trinajstić information content (AvgIpc) is 2.89. The van der Waals surface area contributed by atoms with Gasteiger partial charge < -0.3 is 19.7 Å². The van der Waals surface area contributed by atoms with E-state index in [1.165, 1.54) is 11.9 Å². The van der Waals surface area contributed by atoms with Gasteiger partial charge in [-0.15, -0.1) is 0 Å². The number of anilines is 2. The van der Waals surface area contributed by atoms with E-state index in [0.717, 1.165) is 62.5 Å². The number of ether oxygens (including phenoxy) is 2. The van der Waals surface area contributed by atoms with Crippen molar-refractivity contribution in [1.29, 1.82) is 0 Å². The molecule has 0 spiro atoms. The number of hydrogen-bond donors (Lipinski definition) is 1. The van der Waals surface area contributed by atoms with Gasteiger partial charge in [0.2, 0.25) is 5.91 Å². The molecule has 2 aliphatic rings. The standard InChI is InChI=1S/C26H32Cl2N4O4/c1-29-26(34)36-18-32-23-17-20(9-7-19(23)8-10-24(32)33)35-16-3-2-11-30-12-14-31(15-13-30)22-6-4-5-21(27)25(22)28/h4-7,9,17H,2-3,8,10-16,18H2,1H3,(H,29,34). The number of rotatable bonds is 9. The molecule has 0 unspecified atom stereocenters. The molecule has 0 aliphatic carbocycles. The van der Waals surface area contributed by atoms with Gasteiger partial charge >= 0.3 is 6.09 Å². The molecule has 36 heavy (non-hydrogen) atoms. The first-order valence-electron chi connectivity index (χ1n) is 12.3. The van der Waals surface area contributed by atoms with Crippen molar-refractivity contribution in [3.63, 3.8) is 0 Å². The molecule has 0 atom stereocenters. The lowest BCUT2D eigenvalue weighted by atomic mass is 10.0. The maximum absolute atomic E-state index is 12.4. The second-order valence-corrected chi connectivity index (χ2v) is 9.67. The fraction of sp³-hybridized carbons (Fsp3) is 0.462. The topological polar surface area (TPSA) is 74.3 Å². The number of alkyl carbamates (subject to hydrolysis) is 1. The molecule has 2 aliphatic heterocycles. The highest BCUT2D eigenvalue weighted by molar-refractivity contribution is 6.43. The minimum Gasteiger partial charge on any atom is -0.494 e. The average molecular weight is 535 g/mol. The minimum absolute atomic E-state index is 0.0683. The van der Waals surface area contributed by atoms with Crippen LogP contribution in [0.25, 0.3) is 0 Å². The summed E-state index contributed by atoms with van der Waals surface area (Å²) in [7, 11) is 1.48. The zero-order chi connectivity index (χ0) is 25.5. The molecule has 2 aromatic carbocycles. The van der Waals surface area contributed by atoms with Crippen molar-refractivity contribution < 1.29 is 19.1 Å². The highest BCUT2D eigenvalue weighted by Crippen LogP contribution is 2.33. The van der Waals surface area contributed by atoms with E-state index >= 15 is 0 Å². The van der Waals surface area contributed by atoms with Crippen LogP contribution in [0.1, 0.15) is 24.8 Å². The number of piperazine rings is 1. The molecule has 2 heterocycles. The van der Waals surface area contributed by atoms with Gasteiger partial charge in [-0.1, -0.05) is 35.3 Å². The molecule has 0 saturated carbocycles. The normalized spacial score (nSPS) is 16.0. The van der Waals surface area contributed by atoms with Gasteiger partial charge in [-0.3, -0.25) is 14.6 Å². The molecule has 2 amide bonds. The number of hydrogen-bond acceptors (Lipinski definition) is 6. The van der Waals surface area contributed by atoms with Crippen LogP contribution in [-0.2, 0) is 16.0 Å². The fourth-order valence-electron chi connectivity index (χ4n) is 4.52. The van der Waals surface area contributed by atoms with Crippen molar-refractivity contribution >= 4 is 46.6 Å². The van der Waals surface area contributed by atoms with E-state index < -0.39 is 6.09 Å². The van der Waals surface area contributed by atoms with E-state index in [2.05, 4.69) is 15.1 Å². The number of nitrogens with zero attached hydrogens (tertiary/aromatic N) is 3. The van der Waals surface area contributed by atoms with Gasteiger partial charge in [0.05, 0.1) is 28.0 Å². The Morgan fingerprint density at radius 2 is 1.83 bits per heavy atom. The number of halogens is 2. The largest absolute Gasteiger partial charge is 0.494 e. The maximum atomic E-state index is 12.4. The Morgan fingerprint density at radius 1 is 1.03 bits per heavy atom. The predicted molar refractivity (Wildman–Crippen MR) is 143 cm³/mol. The molecular weight excluding hydrogens is 503 g/mol. The van der Waals surface area contributed by atoms with Crippen molar-refractivity contribution in [2.45, 2.75) is 25.7 Å². The number of benzene rings is 2. The lowest BCUT2D eigenvalue weighted by Crippen LogP contribution is -2.46. The van der Waals surface area contributed by atoms with Crippen molar-refractivity contribution in [3.05, 3.63) is 52.0 Å². The number of amides is 2. The van der Waals surface area contributed by atoms with Crippen LogP contribution >= 0.6 is 23.2 Å². The summed E-state index contributed by atoms with van der Waals surface area (Å²) in [6.07, 6.45) is 2.46. The van der Waals surface area contributed by atoms with Crippen molar-refractivity contribution in [3.8, 4) is 5.75 Å². The second-order valence-electron chi connectivity index (χ2n) is 8.88. The van der Waals surface area contributed by atoms with Crippen molar-refractivity contribution in [2.24, 2.45) is 0 Å². The molecule has 1 saturated heterocycles. The summed E-state index contributed by atoms with van der Waals surface area (Å²) in [5.41, 5.74) is 2.79. The molecule has 1 N–H and O–H groups in total. The molecule has 4 rings (SSSR count). The van der Waals surface area contributed by atoms with Gasteiger partial charge in [-0.05, 0) is 49.6 Å².